The third-order valence-electron chi connectivity index (χ3n) is 1.90. The van der Waals surface area contributed by atoms with Crippen LogP contribution < -0.4 is 10.8 Å². The van der Waals surface area contributed by atoms with Gasteiger partial charge in [-0.15, -0.1) is 0 Å². The quantitative estimate of drug-likeness (QED) is 0.648. The van der Waals surface area contributed by atoms with Crippen molar-refractivity contribution in [3.63, 3.8) is 0 Å². The Morgan fingerprint density at radius 3 is 2.75 bits per heavy atom. The van der Waals surface area contributed by atoms with Crippen LogP contribution in [0.4, 0.5) is 4.79 Å². The van der Waals surface area contributed by atoms with E-state index in [4.69, 9.17) is 9.94 Å². The Morgan fingerprint density at radius 1 is 1.44 bits per heavy atom. The molecule has 0 fully saturated rings. The van der Waals surface area contributed by atoms with Crippen molar-refractivity contribution < 1.29 is 14.7 Å². The third kappa shape index (κ3) is 4.77. The van der Waals surface area contributed by atoms with E-state index in [0.29, 0.717) is 6.61 Å². The fourth-order valence-corrected chi connectivity index (χ4v) is 1.06. The molecule has 5 heteroatoms. The number of carbonyl (C=O) groups is 1. The van der Waals surface area contributed by atoms with Crippen LogP contribution in [0.5, 0.6) is 0 Å². The van der Waals surface area contributed by atoms with Gasteiger partial charge >= 0.3 is 6.03 Å². The van der Waals surface area contributed by atoms with E-state index in [0.717, 1.165) is 5.56 Å². The van der Waals surface area contributed by atoms with Crippen LogP contribution in [0, 0.1) is 0 Å². The minimum Gasteiger partial charge on any atom is -0.394 e. The van der Waals surface area contributed by atoms with E-state index in [1.165, 1.54) is 0 Å². The zero-order chi connectivity index (χ0) is 11.8. The molecular weight excluding hydrogens is 208 g/mol. The lowest BCUT2D eigenvalue weighted by Gasteiger charge is -2.11. The van der Waals surface area contributed by atoms with Gasteiger partial charge in [-0.1, -0.05) is 30.3 Å². The van der Waals surface area contributed by atoms with Gasteiger partial charge in [0.2, 0.25) is 0 Å². The van der Waals surface area contributed by atoms with Gasteiger partial charge in [0, 0.05) is 0 Å². The van der Waals surface area contributed by atoms with E-state index in [1.807, 2.05) is 30.3 Å². The summed E-state index contributed by atoms with van der Waals surface area (Å²) in [6.45, 7) is 1.89. The number of carbonyl (C=O) groups excluding carboxylic acids is 1. The number of urea groups is 1. The maximum absolute atomic E-state index is 11.1. The summed E-state index contributed by atoms with van der Waals surface area (Å²) < 4.78 is 0. The predicted octanol–water partition coefficient (Wildman–Crippen LogP) is 0.798. The molecule has 0 spiro atoms. The van der Waals surface area contributed by atoms with Crippen LogP contribution in [0.3, 0.4) is 0 Å². The number of aliphatic hydroxyl groups is 1. The van der Waals surface area contributed by atoms with Gasteiger partial charge in [0.15, 0.2) is 0 Å². The molecule has 3 N–H and O–H groups in total. The molecule has 1 atom stereocenters. The number of nitrogens with one attached hydrogen (secondary N) is 2. The highest BCUT2D eigenvalue weighted by Crippen LogP contribution is 1.98. The fraction of sp³-hybridized carbons (Fsp3) is 0.364. The molecule has 88 valence electrons. The first kappa shape index (κ1) is 12.5. The Balaban J connectivity index is 2.18. The van der Waals surface area contributed by atoms with Gasteiger partial charge < -0.3 is 10.4 Å². The standard InChI is InChI=1S/C11H16N2O3/c1-9(7-14)12-11(15)13-16-8-10-5-3-2-4-6-10/h2-6,9,14H,7-8H2,1H3,(H2,12,13,15). The Morgan fingerprint density at radius 2 is 2.12 bits per heavy atom. The highest BCUT2D eigenvalue weighted by molar-refractivity contribution is 5.72. The monoisotopic (exact) mass is 224 g/mol. The number of amides is 2. The summed E-state index contributed by atoms with van der Waals surface area (Å²) in [6, 6.07) is 8.75. The summed E-state index contributed by atoms with van der Waals surface area (Å²) in [5, 5.41) is 11.2. The molecule has 0 saturated heterocycles. The summed E-state index contributed by atoms with van der Waals surface area (Å²) >= 11 is 0. The first-order chi connectivity index (χ1) is 7.72. The fourth-order valence-electron chi connectivity index (χ4n) is 1.06. The second-order valence-corrected chi connectivity index (χ2v) is 3.43. The Labute approximate surface area is 94.4 Å². The molecule has 2 amide bonds. The average molecular weight is 224 g/mol. The van der Waals surface area contributed by atoms with Crippen molar-refractivity contribution in [1.82, 2.24) is 10.8 Å². The van der Waals surface area contributed by atoms with Crippen molar-refractivity contribution in [2.45, 2.75) is 19.6 Å². The SMILES string of the molecule is CC(CO)NC(=O)NOCc1ccccc1. The average Bonchev–Trinajstić information content (AvgIpc) is 2.30. The van der Waals surface area contributed by atoms with Gasteiger partial charge in [-0.05, 0) is 12.5 Å². The molecule has 1 unspecified atom stereocenters. The third-order valence-corrected chi connectivity index (χ3v) is 1.90. The molecular formula is C11H16N2O3. The molecule has 0 bridgehead atoms. The first-order valence-corrected chi connectivity index (χ1v) is 5.05. The summed E-state index contributed by atoms with van der Waals surface area (Å²) in [5.74, 6) is 0. The first-order valence-electron chi connectivity index (χ1n) is 5.05. The van der Waals surface area contributed by atoms with Crippen molar-refractivity contribution in [2.75, 3.05) is 6.61 Å². The number of benzene rings is 1. The van der Waals surface area contributed by atoms with Crippen molar-refractivity contribution in [1.29, 1.82) is 0 Å². The van der Waals surface area contributed by atoms with Crippen molar-refractivity contribution in [3.8, 4) is 0 Å². The normalized spacial score (nSPS) is 11.9. The van der Waals surface area contributed by atoms with E-state index in [9.17, 15) is 4.79 Å². The lowest BCUT2D eigenvalue weighted by Crippen LogP contribution is -2.42. The summed E-state index contributed by atoms with van der Waals surface area (Å²) in [6.07, 6.45) is 0. The highest BCUT2D eigenvalue weighted by atomic mass is 16.7. The Hall–Kier alpha value is -1.59. The molecule has 0 aliphatic carbocycles. The van der Waals surface area contributed by atoms with Gasteiger partial charge in [-0.2, -0.15) is 0 Å². The number of hydroxylamine groups is 1. The minimum atomic E-state index is -0.461. The second-order valence-electron chi connectivity index (χ2n) is 3.43. The van der Waals surface area contributed by atoms with Crippen LogP contribution in [0.25, 0.3) is 0 Å². The van der Waals surface area contributed by atoms with E-state index < -0.39 is 6.03 Å². The lowest BCUT2D eigenvalue weighted by atomic mass is 10.2. The molecule has 0 saturated carbocycles. The zero-order valence-electron chi connectivity index (χ0n) is 9.14. The topological polar surface area (TPSA) is 70.6 Å². The van der Waals surface area contributed by atoms with E-state index >= 15 is 0 Å². The zero-order valence-corrected chi connectivity index (χ0v) is 9.14. The summed E-state index contributed by atoms with van der Waals surface area (Å²) in [4.78, 5) is 16.1. The van der Waals surface area contributed by atoms with Crippen LogP contribution >= 0.6 is 0 Å². The van der Waals surface area contributed by atoms with Crippen LogP contribution in [0.2, 0.25) is 0 Å². The van der Waals surface area contributed by atoms with Crippen molar-refractivity contribution >= 4 is 6.03 Å². The lowest BCUT2D eigenvalue weighted by molar-refractivity contribution is 0.0475. The highest BCUT2D eigenvalue weighted by Gasteiger charge is 2.04. The molecule has 1 aromatic carbocycles. The minimum absolute atomic E-state index is 0.105. The van der Waals surface area contributed by atoms with Gasteiger partial charge in [-0.3, -0.25) is 4.84 Å². The summed E-state index contributed by atoms with van der Waals surface area (Å²) in [7, 11) is 0. The molecule has 16 heavy (non-hydrogen) atoms. The smallest absolute Gasteiger partial charge is 0.339 e. The maximum atomic E-state index is 11.1. The predicted molar refractivity (Wildman–Crippen MR) is 59.4 cm³/mol. The molecule has 1 aromatic rings. The van der Waals surface area contributed by atoms with Gasteiger partial charge in [0.25, 0.3) is 0 Å². The molecule has 0 aromatic heterocycles. The number of aliphatic hydroxyl groups excluding tert-OH is 1. The molecule has 0 aliphatic heterocycles. The van der Waals surface area contributed by atoms with Crippen molar-refractivity contribution in [2.24, 2.45) is 0 Å². The van der Waals surface area contributed by atoms with Crippen LogP contribution in [-0.4, -0.2) is 23.8 Å². The van der Waals surface area contributed by atoms with E-state index in [-0.39, 0.29) is 12.6 Å². The largest absolute Gasteiger partial charge is 0.394 e. The maximum Gasteiger partial charge on any atom is 0.339 e. The van der Waals surface area contributed by atoms with Gasteiger partial charge in [0.1, 0.15) is 0 Å². The summed E-state index contributed by atoms with van der Waals surface area (Å²) in [5.41, 5.74) is 3.21. The molecule has 1 rings (SSSR count). The van der Waals surface area contributed by atoms with E-state index in [2.05, 4.69) is 10.8 Å². The number of rotatable bonds is 5. The van der Waals surface area contributed by atoms with Crippen LogP contribution in [0.15, 0.2) is 30.3 Å². The van der Waals surface area contributed by atoms with Crippen LogP contribution in [0.1, 0.15) is 12.5 Å². The molecule has 5 nitrogen and oxygen atoms in total. The van der Waals surface area contributed by atoms with Gasteiger partial charge in [-0.25, -0.2) is 10.3 Å². The number of hydrogen-bond donors (Lipinski definition) is 3. The number of hydrogen-bond acceptors (Lipinski definition) is 3. The van der Waals surface area contributed by atoms with Crippen molar-refractivity contribution in [3.05, 3.63) is 35.9 Å². The second kappa shape index (κ2) is 6.81. The Kier molecular flexibility index (Phi) is 5.31. The van der Waals surface area contributed by atoms with Crippen LogP contribution in [-0.2, 0) is 11.4 Å². The molecule has 0 aliphatic rings. The van der Waals surface area contributed by atoms with Gasteiger partial charge in [0.05, 0.1) is 19.3 Å². The molecule has 0 heterocycles. The molecule has 0 radical (unpaired) electrons. The van der Waals surface area contributed by atoms with E-state index in [1.54, 1.807) is 6.92 Å². The Bertz CT molecular complexity index is 316.